The molecule has 1 fully saturated rings. The largest absolute Gasteiger partial charge is 0.352 e. The molecule has 0 aliphatic carbocycles. The zero-order valence-electron chi connectivity index (χ0n) is 10.6. The molecule has 2 unspecified atom stereocenters. The Morgan fingerprint density at radius 1 is 1.56 bits per heavy atom. The highest BCUT2D eigenvalue weighted by atomic mass is 35.5. The standard InChI is InChI=1S/C14H19ClN2O/c1-10(9-11-5-2-3-6-12(11)15)17-14(18)13-7-4-8-16-13/h2-3,5-6,10,13,16H,4,7-9H2,1H3,(H,17,18). The van der Waals surface area contributed by atoms with Gasteiger partial charge in [0, 0.05) is 11.1 Å². The summed E-state index contributed by atoms with van der Waals surface area (Å²) in [6.45, 7) is 2.95. The van der Waals surface area contributed by atoms with Gasteiger partial charge in [-0.25, -0.2) is 0 Å². The summed E-state index contributed by atoms with van der Waals surface area (Å²) in [5.41, 5.74) is 1.08. The molecular formula is C14H19ClN2O. The summed E-state index contributed by atoms with van der Waals surface area (Å²) in [7, 11) is 0. The number of nitrogens with one attached hydrogen (secondary N) is 2. The summed E-state index contributed by atoms with van der Waals surface area (Å²) in [6, 6.07) is 7.84. The summed E-state index contributed by atoms with van der Waals surface area (Å²) in [6.07, 6.45) is 2.78. The fourth-order valence-electron chi connectivity index (χ4n) is 2.30. The lowest BCUT2D eigenvalue weighted by Crippen LogP contribution is -2.44. The number of hydrogen-bond donors (Lipinski definition) is 2. The Labute approximate surface area is 113 Å². The first-order chi connectivity index (χ1) is 8.66. The number of hydrogen-bond acceptors (Lipinski definition) is 2. The highest BCUT2D eigenvalue weighted by Crippen LogP contribution is 2.16. The van der Waals surface area contributed by atoms with E-state index in [-0.39, 0.29) is 18.0 Å². The first-order valence-electron chi connectivity index (χ1n) is 6.44. The van der Waals surface area contributed by atoms with E-state index in [1.165, 1.54) is 0 Å². The van der Waals surface area contributed by atoms with Gasteiger partial charge in [-0.05, 0) is 44.4 Å². The topological polar surface area (TPSA) is 41.1 Å². The van der Waals surface area contributed by atoms with Crippen molar-refractivity contribution in [3.63, 3.8) is 0 Å². The van der Waals surface area contributed by atoms with Crippen LogP contribution in [0.1, 0.15) is 25.3 Å². The summed E-state index contributed by atoms with van der Waals surface area (Å²) in [5, 5.41) is 7.00. The fourth-order valence-corrected chi connectivity index (χ4v) is 2.51. The second-order valence-corrected chi connectivity index (χ2v) is 5.26. The number of rotatable bonds is 4. The van der Waals surface area contributed by atoms with Crippen LogP contribution in [0.15, 0.2) is 24.3 Å². The number of carbonyl (C=O) groups excluding carboxylic acids is 1. The van der Waals surface area contributed by atoms with E-state index in [4.69, 9.17) is 11.6 Å². The van der Waals surface area contributed by atoms with E-state index in [1.54, 1.807) is 0 Å². The van der Waals surface area contributed by atoms with Crippen LogP contribution in [0.5, 0.6) is 0 Å². The van der Waals surface area contributed by atoms with E-state index >= 15 is 0 Å². The summed E-state index contributed by atoms with van der Waals surface area (Å²) in [5.74, 6) is 0.104. The van der Waals surface area contributed by atoms with Crippen LogP contribution in [0, 0.1) is 0 Å². The fraction of sp³-hybridized carbons (Fsp3) is 0.500. The first kappa shape index (κ1) is 13.4. The maximum atomic E-state index is 11.9. The molecule has 0 bridgehead atoms. The van der Waals surface area contributed by atoms with Gasteiger partial charge in [-0.15, -0.1) is 0 Å². The van der Waals surface area contributed by atoms with E-state index in [9.17, 15) is 4.79 Å². The van der Waals surface area contributed by atoms with Crippen LogP contribution in [0.2, 0.25) is 5.02 Å². The van der Waals surface area contributed by atoms with Gasteiger partial charge in [0.1, 0.15) is 0 Å². The highest BCUT2D eigenvalue weighted by molar-refractivity contribution is 6.31. The predicted octanol–water partition coefficient (Wildman–Crippen LogP) is 2.14. The van der Waals surface area contributed by atoms with E-state index in [1.807, 2.05) is 31.2 Å². The van der Waals surface area contributed by atoms with Crippen molar-refractivity contribution in [1.29, 1.82) is 0 Å². The van der Waals surface area contributed by atoms with Crippen LogP contribution < -0.4 is 10.6 Å². The van der Waals surface area contributed by atoms with Gasteiger partial charge in [0.25, 0.3) is 0 Å². The Hall–Kier alpha value is -1.06. The molecular weight excluding hydrogens is 248 g/mol. The average molecular weight is 267 g/mol. The van der Waals surface area contributed by atoms with Crippen LogP contribution in [-0.4, -0.2) is 24.5 Å². The minimum atomic E-state index is -0.0151. The van der Waals surface area contributed by atoms with Gasteiger partial charge in [-0.1, -0.05) is 29.8 Å². The van der Waals surface area contributed by atoms with E-state index in [2.05, 4.69) is 10.6 Å². The maximum Gasteiger partial charge on any atom is 0.237 e. The Balaban J connectivity index is 1.86. The van der Waals surface area contributed by atoms with Gasteiger partial charge >= 0.3 is 0 Å². The van der Waals surface area contributed by atoms with Crippen LogP contribution in [-0.2, 0) is 11.2 Å². The molecule has 1 saturated heterocycles. The Bertz CT molecular complexity index is 416. The molecule has 4 heteroatoms. The lowest BCUT2D eigenvalue weighted by molar-refractivity contribution is -0.123. The minimum absolute atomic E-state index is 0.0151. The van der Waals surface area contributed by atoms with Gasteiger partial charge < -0.3 is 10.6 Å². The molecule has 1 heterocycles. The molecule has 0 aromatic heterocycles. The zero-order chi connectivity index (χ0) is 13.0. The molecule has 1 amide bonds. The molecule has 0 spiro atoms. The lowest BCUT2D eigenvalue weighted by Gasteiger charge is -2.17. The smallest absolute Gasteiger partial charge is 0.237 e. The molecule has 1 aliphatic heterocycles. The molecule has 1 aromatic rings. The van der Waals surface area contributed by atoms with Gasteiger partial charge in [-0.3, -0.25) is 4.79 Å². The Morgan fingerprint density at radius 3 is 3.00 bits per heavy atom. The van der Waals surface area contributed by atoms with E-state index in [0.29, 0.717) is 0 Å². The van der Waals surface area contributed by atoms with Crippen LogP contribution in [0.3, 0.4) is 0 Å². The maximum absolute atomic E-state index is 11.9. The van der Waals surface area contributed by atoms with Crippen molar-refractivity contribution >= 4 is 17.5 Å². The SMILES string of the molecule is CC(Cc1ccccc1Cl)NC(=O)C1CCCN1. The molecule has 2 rings (SSSR count). The van der Waals surface area contributed by atoms with Gasteiger partial charge in [0.2, 0.25) is 5.91 Å². The van der Waals surface area contributed by atoms with Crippen molar-refractivity contribution in [1.82, 2.24) is 10.6 Å². The number of halogens is 1. The molecule has 2 atom stereocenters. The third kappa shape index (κ3) is 3.47. The monoisotopic (exact) mass is 266 g/mol. The second kappa shape index (κ2) is 6.21. The van der Waals surface area contributed by atoms with Crippen molar-refractivity contribution in [2.45, 2.75) is 38.3 Å². The Kier molecular flexibility index (Phi) is 4.61. The van der Waals surface area contributed by atoms with Crippen LogP contribution in [0.25, 0.3) is 0 Å². The molecule has 0 radical (unpaired) electrons. The molecule has 98 valence electrons. The van der Waals surface area contributed by atoms with Crippen molar-refractivity contribution in [2.75, 3.05) is 6.54 Å². The average Bonchev–Trinajstić information content (AvgIpc) is 2.85. The normalized spacial score (nSPS) is 20.7. The molecule has 0 saturated carbocycles. The zero-order valence-corrected chi connectivity index (χ0v) is 11.3. The van der Waals surface area contributed by atoms with E-state index in [0.717, 1.165) is 36.4 Å². The molecule has 1 aromatic carbocycles. The van der Waals surface area contributed by atoms with E-state index < -0.39 is 0 Å². The molecule has 18 heavy (non-hydrogen) atoms. The summed E-state index contributed by atoms with van der Waals surface area (Å²) < 4.78 is 0. The third-order valence-electron chi connectivity index (χ3n) is 3.25. The summed E-state index contributed by atoms with van der Waals surface area (Å²) in [4.78, 5) is 11.9. The second-order valence-electron chi connectivity index (χ2n) is 4.85. The van der Waals surface area contributed by atoms with Crippen molar-refractivity contribution in [3.05, 3.63) is 34.9 Å². The Morgan fingerprint density at radius 2 is 2.33 bits per heavy atom. The molecule has 2 N–H and O–H groups in total. The van der Waals surface area contributed by atoms with Crippen molar-refractivity contribution in [3.8, 4) is 0 Å². The molecule has 1 aliphatic rings. The summed E-state index contributed by atoms with van der Waals surface area (Å²) >= 11 is 6.11. The van der Waals surface area contributed by atoms with Gasteiger partial charge in [0.05, 0.1) is 6.04 Å². The third-order valence-corrected chi connectivity index (χ3v) is 3.62. The molecule has 3 nitrogen and oxygen atoms in total. The predicted molar refractivity (Wildman–Crippen MR) is 73.8 cm³/mol. The van der Waals surface area contributed by atoms with Crippen LogP contribution >= 0.6 is 11.6 Å². The number of benzene rings is 1. The van der Waals surface area contributed by atoms with Crippen molar-refractivity contribution in [2.24, 2.45) is 0 Å². The minimum Gasteiger partial charge on any atom is -0.352 e. The lowest BCUT2D eigenvalue weighted by atomic mass is 10.1. The van der Waals surface area contributed by atoms with Crippen molar-refractivity contribution < 1.29 is 4.79 Å². The number of amides is 1. The highest BCUT2D eigenvalue weighted by Gasteiger charge is 2.23. The van der Waals surface area contributed by atoms with Gasteiger partial charge in [0.15, 0.2) is 0 Å². The number of carbonyl (C=O) groups is 1. The van der Waals surface area contributed by atoms with Gasteiger partial charge in [-0.2, -0.15) is 0 Å². The first-order valence-corrected chi connectivity index (χ1v) is 6.82. The quantitative estimate of drug-likeness (QED) is 0.877. The van der Waals surface area contributed by atoms with Crippen LogP contribution in [0.4, 0.5) is 0 Å².